The van der Waals surface area contributed by atoms with E-state index in [0.29, 0.717) is 5.69 Å². The van der Waals surface area contributed by atoms with E-state index < -0.39 is 17.6 Å². The van der Waals surface area contributed by atoms with Crippen molar-refractivity contribution in [1.82, 2.24) is 15.2 Å². The molecule has 0 saturated carbocycles. The van der Waals surface area contributed by atoms with Crippen LogP contribution in [0.3, 0.4) is 0 Å². The lowest BCUT2D eigenvalue weighted by Gasteiger charge is -2.15. The highest BCUT2D eigenvalue weighted by molar-refractivity contribution is 6.07. The van der Waals surface area contributed by atoms with Gasteiger partial charge in [0.2, 0.25) is 0 Å². The van der Waals surface area contributed by atoms with Gasteiger partial charge in [0.25, 0.3) is 5.91 Å². The summed E-state index contributed by atoms with van der Waals surface area (Å²) >= 11 is 0. The molecular formula is C23H17F3N4O. The number of anilines is 1. The van der Waals surface area contributed by atoms with Gasteiger partial charge in [0.05, 0.1) is 23.1 Å². The molecule has 0 aliphatic carbocycles. The summed E-state index contributed by atoms with van der Waals surface area (Å²) in [5.74, 6) is -0.548. The first-order valence-electron chi connectivity index (χ1n) is 9.38. The number of carbonyl (C=O) groups is 1. The maximum atomic E-state index is 13.5. The highest BCUT2D eigenvalue weighted by Gasteiger charge is 2.34. The Morgan fingerprint density at radius 2 is 1.77 bits per heavy atom. The normalized spacial score (nSPS) is 11.4. The van der Waals surface area contributed by atoms with Gasteiger partial charge >= 0.3 is 6.18 Å². The SMILES string of the molecule is Cc1cc(-c2ccccc2)c(NC(=O)c2ccc(C(F)(F)F)c(-c3cc[nH]n3)c2)cn1. The fourth-order valence-corrected chi connectivity index (χ4v) is 3.27. The number of aromatic nitrogens is 3. The number of rotatable bonds is 4. The van der Waals surface area contributed by atoms with Crippen LogP contribution in [0.2, 0.25) is 0 Å². The molecule has 0 bridgehead atoms. The number of nitrogens with zero attached hydrogens (tertiary/aromatic N) is 2. The molecule has 0 atom stereocenters. The summed E-state index contributed by atoms with van der Waals surface area (Å²) in [6.45, 7) is 1.84. The molecule has 2 N–H and O–H groups in total. The van der Waals surface area contributed by atoms with E-state index in [0.717, 1.165) is 29.0 Å². The Bertz CT molecular complexity index is 1220. The zero-order chi connectivity index (χ0) is 22.0. The number of carbonyl (C=O) groups excluding carboxylic acids is 1. The molecule has 0 aliphatic heterocycles. The van der Waals surface area contributed by atoms with Gasteiger partial charge in [-0.15, -0.1) is 0 Å². The highest BCUT2D eigenvalue weighted by Crippen LogP contribution is 2.37. The van der Waals surface area contributed by atoms with Crippen LogP contribution in [-0.2, 0) is 6.18 Å². The number of alkyl halides is 3. The smallest absolute Gasteiger partial charge is 0.320 e. The van der Waals surface area contributed by atoms with E-state index >= 15 is 0 Å². The van der Waals surface area contributed by atoms with E-state index in [2.05, 4.69) is 20.5 Å². The van der Waals surface area contributed by atoms with Crippen LogP contribution in [0.25, 0.3) is 22.4 Å². The summed E-state index contributed by atoms with van der Waals surface area (Å²) in [7, 11) is 0. The number of amides is 1. The minimum Gasteiger partial charge on any atom is -0.320 e. The first kappa shape index (κ1) is 20.3. The first-order chi connectivity index (χ1) is 14.8. The van der Waals surface area contributed by atoms with Gasteiger partial charge in [-0.3, -0.25) is 14.9 Å². The van der Waals surface area contributed by atoms with Crippen molar-refractivity contribution >= 4 is 11.6 Å². The Morgan fingerprint density at radius 1 is 1.00 bits per heavy atom. The molecule has 0 radical (unpaired) electrons. The Morgan fingerprint density at radius 3 is 2.45 bits per heavy atom. The second-order valence-electron chi connectivity index (χ2n) is 6.91. The number of aromatic amines is 1. The Kier molecular flexibility index (Phi) is 5.29. The number of halogens is 3. The van der Waals surface area contributed by atoms with Crippen molar-refractivity contribution in [2.45, 2.75) is 13.1 Å². The average Bonchev–Trinajstić information content (AvgIpc) is 3.29. The maximum absolute atomic E-state index is 13.5. The van der Waals surface area contributed by atoms with Gasteiger partial charge in [-0.25, -0.2) is 0 Å². The summed E-state index contributed by atoms with van der Waals surface area (Å²) in [4.78, 5) is 17.2. The fourth-order valence-electron chi connectivity index (χ4n) is 3.27. The Balaban J connectivity index is 1.72. The highest BCUT2D eigenvalue weighted by atomic mass is 19.4. The molecule has 0 fully saturated rings. The summed E-state index contributed by atoms with van der Waals surface area (Å²) in [6, 6.07) is 15.9. The molecule has 0 unspecified atom stereocenters. The lowest BCUT2D eigenvalue weighted by molar-refractivity contribution is -0.137. The molecule has 2 aromatic heterocycles. The van der Waals surface area contributed by atoms with Crippen LogP contribution in [0.1, 0.15) is 21.6 Å². The van der Waals surface area contributed by atoms with Crippen LogP contribution in [-0.4, -0.2) is 21.1 Å². The molecule has 5 nitrogen and oxygen atoms in total. The van der Waals surface area contributed by atoms with E-state index in [-0.39, 0.29) is 16.8 Å². The van der Waals surface area contributed by atoms with Crippen LogP contribution in [0, 0.1) is 6.92 Å². The van der Waals surface area contributed by atoms with E-state index in [9.17, 15) is 18.0 Å². The second-order valence-corrected chi connectivity index (χ2v) is 6.91. The predicted molar refractivity (Wildman–Crippen MR) is 111 cm³/mol. The van der Waals surface area contributed by atoms with Crippen LogP contribution in [0.5, 0.6) is 0 Å². The Hall–Kier alpha value is -3.94. The molecular weight excluding hydrogens is 405 g/mol. The molecule has 2 heterocycles. The van der Waals surface area contributed by atoms with Gasteiger partial charge in [0.1, 0.15) is 0 Å². The van der Waals surface area contributed by atoms with Crippen molar-refractivity contribution in [1.29, 1.82) is 0 Å². The first-order valence-corrected chi connectivity index (χ1v) is 9.38. The molecule has 2 aromatic carbocycles. The lowest BCUT2D eigenvalue weighted by Crippen LogP contribution is -2.15. The zero-order valence-electron chi connectivity index (χ0n) is 16.4. The van der Waals surface area contributed by atoms with Crippen molar-refractivity contribution in [2.24, 2.45) is 0 Å². The number of hydrogen-bond donors (Lipinski definition) is 2. The van der Waals surface area contributed by atoms with Crippen LogP contribution in [0.4, 0.5) is 18.9 Å². The third kappa shape index (κ3) is 4.32. The van der Waals surface area contributed by atoms with Crippen molar-refractivity contribution < 1.29 is 18.0 Å². The van der Waals surface area contributed by atoms with E-state index in [1.54, 1.807) is 0 Å². The second kappa shape index (κ2) is 8.06. The molecule has 156 valence electrons. The summed E-state index contributed by atoms with van der Waals surface area (Å²) < 4.78 is 40.4. The van der Waals surface area contributed by atoms with Crippen molar-refractivity contribution in [2.75, 3.05) is 5.32 Å². The molecule has 4 aromatic rings. The summed E-state index contributed by atoms with van der Waals surface area (Å²) in [6.07, 6.45) is -1.62. The molecule has 0 spiro atoms. The number of hydrogen-bond acceptors (Lipinski definition) is 3. The largest absolute Gasteiger partial charge is 0.417 e. The van der Waals surface area contributed by atoms with E-state index in [1.807, 2.05) is 43.3 Å². The third-order valence-electron chi connectivity index (χ3n) is 4.74. The molecule has 0 saturated heterocycles. The number of pyridine rings is 1. The van der Waals surface area contributed by atoms with Crippen molar-refractivity contribution in [3.8, 4) is 22.4 Å². The minimum absolute atomic E-state index is 0.0746. The molecule has 4 rings (SSSR count). The van der Waals surface area contributed by atoms with Gasteiger partial charge in [0, 0.05) is 28.6 Å². The third-order valence-corrected chi connectivity index (χ3v) is 4.74. The van der Waals surface area contributed by atoms with Crippen LogP contribution < -0.4 is 5.32 Å². The van der Waals surface area contributed by atoms with Crippen molar-refractivity contribution in [3.05, 3.63) is 89.9 Å². The van der Waals surface area contributed by atoms with Gasteiger partial charge in [-0.1, -0.05) is 30.3 Å². The lowest BCUT2D eigenvalue weighted by atomic mass is 10.00. The summed E-state index contributed by atoms with van der Waals surface area (Å²) in [5, 5.41) is 9.11. The van der Waals surface area contributed by atoms with Crippen molar-refractivity contribution in [3.63, 3.8) is 0 Å². The zero-order valence-corrected chi connectivity index (χ0v) is 16.4. The fraction of sp³-hybridized carbons (Fsp3) is 0.0870. The van der Waals surface area contributed by atoms with E-state index in [1.165, 1.54) is 24.5 Å². The van der Waals surface area contributed by atoms with Gasteiger partial charge < -0.3 is 5.32 Å². The van der Waals surface area contributed by atoms with E-state index in [4.69, 9.17) is 0 Å². The van der Waals surface area contributed by atoms with Gasteiger partial charge in [-0.2, -0.15) is 18.3 Å². The topological polar surface area (TPSA) is 70.7 Å². The number of nitrogens with one attached hydrogen (secondary N) is 2. The number of aryl methyl sites for hydroxylation is 1. The summed E-state index contributed by atoms with van der Waals surface area (Å²) in [5.41, 5.74) is 2.02. The molecule has 8 heteroatoms. The average molecular weight is 422 g/mol. The molecule has 1 amide bonds. The molecule has 31 heavy (non-hydrogen) atoms. The number of benzene rings is 2. The quantitative estimate of drug-likeness (QED) is 0.442. The predicted octanol–water partition coefficient (Wildman–Crippen LogP) is 5.72. The standard InChI is InChI=1S/C23H17F3N4O/c1-14-11-17(15-5-3-2-4-6-15)21(13-27-14)29-22(31)16-7-8-19(23(24,25)26)18(12-16)20-9-10-28-30-20/h2-13H,1H3,(H,28,30)(H,29,31). The Labute approximate surface area is 176 Å². The molecule has 0 aliphatic rings. The number of H-pyrrole nitrogens is 1. The van der Waals surface area contributed by atoms with Crippen LogP contribution in [0.15, 0.2) is 73.1 Å². The minimum atomic E-state index is -4.58. The van der Waals surface area contributed by atoms with Gasteiger partial charge in [0.15, 0.2) is 0 Å². The maximum Gasteiger partial charge on any atom is 0.417 e. The van der Waals surface area contributed by atoms with Crippen LogP contribution >= 0.6 is 0 Å². The monoisotopic (exact) mass is 422 g/mol. The van der Waals surface area contributed by atoms with Gasteiger partial charge in [-0.05, 0) is 42.8 Å².